The number of rotatable bonds is 6. The maximum atomic E-state index is 12.6. The Bertz CT molecular complexity index is 1500. The van der Waals surface area contributed by atoms with Crippen LogP contribution in [0, 0.1) is 0 Å². The summed E-state index contributed by atoms with van der Waals surface area (Å²) in [5.41, 5.74) is 17.4. The van der Waals surface area contributed by atoms with E-state index < -0.39 is 5.69 Å². The van der Waals surface area contributed by atoms with E-state index >= 15 is 0 Å². The molecular formula is C26H23ClN6O2. The molecule has 1 aliphatic rings. The van der Waals surface area contributed by atoms with Gasteiger partial charge in [0.25, 0.3) is 0 Å². The van der Waals surface area contributed by atoms with Gasteiger partial charge >= 0.3 is 5.69 Å². The number of aryl methyl sites for hydroxylation is 1. The van der Waals surface area contributed by atoms with Crippen LogP contribution in [0.25, 0.3) is 16.9 Å². The van der Waals surface area contributed by atoms with Crippen molar-refractivity contribution in [2.24, 2.45) is 5.73 Å². The number of pyridine rings is 1. The van der Waals surface area contributed by atoms with E-state index in [0.29, 0.717) is 22.0 Å². The highest BCUT2D eigenvalue weighted by Crippen LogP contribution is 2.36. The molecule has 2 heterocycles. The summed E-state index contributed by atoms with van der Waals surface area (Å²) in [6.07, 6.45) is 4.61. The first kappa shape index (κ1) is 22.6. The number of carbonyl (C=O) groups excluding carboxylic acids is 1. The summed E-state index contributed by atoms with van der Waals surface area (Å²) in [6.45, 7) is 0. The summed E-state index contributed by atoms with van der Waals surface area (Å²) in [5.74, 6) is -0.208. The van der Waals surface area contributed by atoms with Gasteiger partial charge in [0.2, 0.25) is 5.91 Å². The lowest BCUT2D eigenvalue weighted by atomic mass is 10.0. The molecular weight excluding hydrogens is 464 g/mol. The molecule has 8 nitrogen and oxygen atoms in total. The van der Waals surface area contributed by atoms with E-state index in [0.717, 1.165) is 41.9 Å². The Hall–Kier alpha value is -4.17. The van der Waals surface area contributed by atoms with Crippen LogP contribution < -0.4 is 22.5 Å². The first-order valence-electron chi connectivity index (χ1n) is 11.2. The largest absolute Gasteiger partial charge is 0.383 e. The molecule has 0 aliphatic heterocycles. The maximum absolute atomic E-state index is 12.6. The summed E-state index contributed by atoms with van der Waals surface area (Å²) in [7, 11) is 0. The molecule has 1 aliphatic carbocycles. The Labute approximate surface area is 206 Å². The molecule has 9 heteroatoms. The topological polar surface area (TPSA) is 129 Å². The second-order valence-corrected chi connectivity index (χ2v) is 8.90. The van der Waals surface area contributed by atoms with E-state index in [1.165, 1.54) is 10.1 Å². The van der Waals surface area contributed by atoms with Gasteiger partial charge in [-0.25, -0.2) is 4.79 Å². The van der Waals surface area contributed by atoms with E-state index in [2.05, 4.69) is 10.3 Å². The van der Waals surface area contributed by atoms with Crippen molar-refractivity contribution < 1.29 is 4.79 Å². The van der Waals surface area contributed by atoms with E-state index in [4.69, 9.17) is 28.1 Å². The molecule has 0 fully saturated rings. The minimum atomic E-state index is -0.482. The Balaban J connectivity index is 1.58. The average Bonchev–Trinajstić information content (AvgIpc) is 3.29. The van der Waals surface area contributed by atoms with E-state index in [1.54, 1.807) is 30.5 Å². The number of aromatic nitrogens is 3. The molecule has 4 aromatic rings. The summed E-state index contributed by atoms with van der Waals surface area (Å²) in [4.78, 5) is 32.6. The molecule has 5 rings (SSSR count). The van der Waals surface area contributed by atoms with E-state index in [-0.39, 0.29) is 18.1 Å². The van der Waals surface area contributed by atoms with Crippen molar-refractivity contribution in [3.63, 3.8) is 0 Å². The fourth-order valence-corrected chi connectivity index (χ4v) is 4.55. The third kappa shape index (κ3) is 4.74. The molecule has 0 spiro atoms. The molecule has 2 aromatic carbocycles. The number of carbonyl (C=O) groups is 1. The molecule has 0 unspecified atom stereocenters. The van der Waals surface area contributed by atoms with Gasteiger partial charge in [-0.15, -0.1) is 0 Å². The van der Waals surface area contributed by atoms with Gasteiger partial charge in [0, 0.05) is 33.9 Å². The lowest BCUT2D eigenvalue weighted by Crippen LogP contribution is -2.22. The predicted octanol–water partition coefficient (Wildman–Crippen LogP) is 3.79. The number of halogens is 1. The van der Waals surface area contributed by atoms with Crippen molar-refractivity contribution in [1.82, 2.24) is 14.5 Å². The zero-order valence-corrected chi connectivity index (χ0v) is 19.5. The monoisotopic (exact) mass is 486 g/mol. The average molecular weight is 487 g/mol. The maximum Gasteiger partial charge on any atom is 0.354 e. The number of fused-ring (bicyclic) bond motifs is 1. The van der Waals surface area contributed by atoms with Gasteiger partial charge in [-0.3, -0.25) is 14.3 Å². The molecule has 176 valence electrons. The highest BCUT2D eigenvalue weighted by Gasteiger charge is 2.21. The van der Waals surface area contributed by atoms with Crippen molar-refractivity contribution in [1.29, 1.82) is 0 Å². The van der Waals surface area contributed by atoms with Crippen LogP contribution in [0.2, 0.25) is 5.02 Å². The smallest absolute Gasteiger partial charge is 0.354 e. The molecule has 0 saturated carbocycles. The van der Waals surface area contributed by atoms with Gasteiger partial charge in [0.05, 0.1) is 17.8 Å². The SMILES string of the molecule is NC(=O)Cc1ccc(Nc2cc(-c3cc(Cl)ccc3-n3ccc(N)nc3=O)nc3c2CCC3)cc1. The van der Waals surface area contributed by atoms with Crippen LogP contribution in [0.3, 0.4) is 0 Å². The summed E-state index contributed by atoms with van der Waals surface area (Å²) in [6, 6.07) is 16.5. The van der Waals surface area contributed by atoms with Gasteiger partial charge in [0.15, 0.2) is 0 Å². The number of hydrogen-bond acceptors (Lipinski definition) is 6. The molecule has 0 bridgehead atoms. The number of amides is 1. The Morgan fingerprint density at radius 1 is 1.06 bits per heavy atom. The molecule has 35 heavy (non-hydrogen) atoms. The third-order valence-corrected chi connectivity index (χ3v) is 6.22. The number of nitrogens with one attached hydrogen (secondary N) is 1. The minimum absolute atomic E-state index is 0.158. The fraction of sp³-hybridized carbons (Fsp3) is 0.154. The van der Waals surface area contributed by atoms with Crippen molar-refractivity contribution in [3.05, 3.63) is 93.1 Å². The summed E-state index contributed by atoms with van der Waals surface area (Å²) < 4.78 is 1.43. The van der Waals surface area contributed by atoms with Gasteiger partial charge in [0.1, 0.15) is 5.82 Å². The number of primary amides is 1. The molecule has 2 aromatic heterocycles. The van der Waals surface area contributed by atoms with Crippen LogP contribution >= 0.6 is 11.6 Å². The highest BCUT2D eigenvalue weighted by atomic mass is 35.5. The standard InChI is InChI=1S/C26H23ClN6O2/c27-16-6-9-23(33-11-10-24(28)32-26(33)35)19(13-16)22-14-21(18-2-1-3-20(18)31-22)30-17-7-4-15(5-8-17)12-25(29)34/h4-11,13-14H,1-3,12H2,(H2,29,34)(H,30,31)(H2,28,32,35). The van der Waals surface area contributed by atoms with Crippen molar-refractivity contribution >= 4 is 34.7 Å². The molecule has 1 amide bonds. The molecule has 0 radical (unpaired) electrons. The normalized spacial score (nSPS) is 12.4. The second kappa shape index (κ2) is 9.23. The zero-order chi connectivity index (χ0) is 24.5. The predicted molar refractivity (Wildman–Crippen MR) is 137 cm³/mol. The van der Waals surface area contributed by atoms with Crippen LogP contribution in [0.5, 0.6) is 0 Å². The van der Waals surface area contributed by atoms with Gasteiger partial charge in [-0.05, 0) is 72.9 Å². The third-order valence-electron chi connectivity index (χ3n) is 5.98. The Morgan fingerprint density at radius 3 is 2.60 bits per heavy atom. The van der Waals surface area contributed by atoms with Gasteiger partial charge < -0.3 is 16.8 Å². The van der Waals surface area contributed by atoms with Gasteiger partial charge in [-0.1, -0.05) is 23.7 Å². The Morgan fingerprint density at radius 2 is 1.86 bits per heavy atom. The second-order valence-electron chi connectivity index (χ2n) is 8.47. The first-order chi connectivity index (χ1) is 16.9. The van der Waals surface area contributed by atoms with Crippen LogP contribution in [-0.4, -0.2) is 20.4 Å². The first-order valence-corrected chi connectivity index (χ1v) is 11.6. The van der Waals surface area contributed by atoms with E-state index in [1.807, 2.05) is 30.3 Å². The van der Waals surface area contributed by atoms with Gasteiger partial charge in [-0.2, -0.15) is 4.98 Å². The van der Waals surface area contributed by atoms with Crippen LogP contribution in [0.4, 0.5) is 17.2 Å². The number of nitrogen functional groups attached to an aromatic ring is 1. The highest BCUT2D eigenvalue weighted by molar-refractivity contribution is 6.31. The number of nitrogens with zero attached hydrogens (tertiary/aromatic N) is 3. The van der Waals surface area contributed by atoms with Crippen molar-refractivity contribution in [2.75, 3.05) is 11.1 Å². The Kier molecular flexibility index (Phi) is 5.96. The van der Waals surface area contributed by atoms with Crippen LogP contribution in [0.15, 0.2) is 65.6 Å². The summed E-state index contributed by atoms with van der Waals surface area (Å²) in [5, 5.41) is 4.03. The lowest BCUT2D eigenvalue weighted by molar-refractivity contribution is -0.117. The van der Waals surface area contributed by atoms with Crippen molar-refractivity contribution in [3.8, 4) is 16.9 Å². The van der Waals surface area contributed by atoms with Crippen LogP contribution in [-0.2, 0) is 24.1 Å². The minimum Gasteiger partial charge on any atom is -0.383 e. The quantitative estimate of drug-likeness (QED) is 0.380. The number of benzene rings is 2. The fourth-order valence-electron chi connectivity index (χ4n) is 4.38. The number of hydrogen-bond donors (Lipinski definition) is 3. The number of nitrogens with two attached hydrogens (primary N) is 2. The molecule has 0 saturated heterocycles. The molecule has 5 N–H and O–H groups in total. The zero-order valence-electron chi connectivity index (χ0n) is 18.8. The lowest BCUT2D eigenvalue weighted by Gasteiger charge is -2.16. The van der Waals surface area contributed by atoms with E-state index in [9.17, 15) is 9.59 Å². The summed E-state index contributed by atoms with van der Waals surface area (Å²) >= 11 is 6.36. The van der Waals surface area contributed by atoms with Crippen LogP contribution in [0.1, 0.15) is 23.2 Å². The van der Waals surface area contributed by atoms with Crippen molar-refractivity contribution in [2.45, 2.75) is 25.7 Å². The number of anilines is 3. The molecule has 0 atom stereocenters.